The smallest absolute Gasteiger partial charge is 0.326 e. The number of aliphatic carboxylic acids is 1. The first-order chi connectivity index (χ1) is 9.38. The van der Waals surface area contributed by atoms with Crippen LogP contribution in [0.3, 0.4) is 0 Å². The number of rotatable bonds is 10. The summed E-state index contributed by atoms with van der Waals surface area (Å²) in [6.45, 7) is 0.320. The molecule has 0 aliphatic carbocycles. The van der Waals surface area contributed by atoms with Gasteiger partial charge in [0.1, 0.15) is 6.04 Å². The molecule has 8 N–H and O–H groups in total. The average Bonchev–Trinajstić information content (AvgIpc) is 2.38. The predicted molar refractivity (Wildman–Crippen MR) is 80.5 cm³/mol. The summed E-state index contributed by atoms with van der Waals surface area (Å²) in [6, 6.07) is -1.67. The zero-order chi connectivity index (χ0) is 15.5. The Labute approximate surface area is 122 Å². The van der Waals surface area contributed by atoms with E-state index < -0.39 is 24.0 Å². The van der Waals surface area contributed by atoms with Crippen molar-refractivity contribution in [2.24, 2.45) is 22.2 Å². The molecule has 1 amide bonds. The van der Waals surface area contributed by atoms with Crippen molar-refractivity contribution in [3.05, 3.63) is 0 Å². The molecule has 0 aromatic rings. The molecule has 0 rings (SSSR count). The van der Waals surface area contributed by atoms with Gasteiger partial charge in [-0.05, 0) is 31.3 Å². The standard InChI is InChI=1S/C11H23N5O3S/c1-20-6-4-7(12)9(17)16-8(10(18)19)3-2-5-15-11(13)14/h7-8H,2-6,12H2,1H3,(H,16,17)(H,18,19)(H4,13,14,15). The number of hydrogen-bond donors (Lipinski definition) is 5. The highest BCUT2D eigenvalue weighted by atomic mass is 32.2. The molecule has 0 saturated carbocycles. The monoisotopic (exact) mass is 305 g/mol. The van der Waals surface area contributed by atoms with E-state index in [4.69, 9.17) is 22.3 Å². The van der Waals surface area contributed by atoms with Gasteiger partial charge in [-0.1, -0.05) is 0 Å². The number of nitrogens with two attached hydrogens (primary N) is 3. The molecule has 0 aliphatic rings. The van der Waals surface area contributed by atoms with Gasteiger partial charge in [0.25, 0.3) is 0 Å². The first-order valence-electron chi connectivity index (χ1n) is 6.21. The summed E-state index contributed by atoms with van der Waals surface area (Å²) in [7, 11) is 0. The average molecular weight is 305 g/mol. The maximum Gasteiger partial charge on any atom is 0.326 e. The molecule has 0 bridgehead atoms. The highest BCUT2D eigenvalue weighted by Crippen LogP contribution is 2.02. The highest BCUT2D eigenvalue weighted by Gasteiger charge is 2.22. The van der Waals surface area contributed by atoms with Crippen LogP contribution >= 0.6 is 11.8 Å². The van der Waals surface area contributed by atoms with Crippen molar-refractivity contribution < 1.29 is 14.7 Å². The highest BCUT2D eigenvalue weighted by molar-refractivity contribution is 7.98. The third kappa shape index (κ3) is 8.59. The molecule has 116 valence electrons. The van der Waals surface area contributed by atoms with E-state index in [9.17, 15) is 9.59 Å². The summed E-state index contributed by atoms with van der Waals surface area (Å²) in [5.74, 6) is -0.843. The molecular weight excluding hydrogens is 282 g/mol. The number of aliphatic imine (C=N–C) groups is 1. The van der Waals surface area contributed by atoms with Crippen molar-refractivity contribution in [2.45, 2.75) is 31.3 Å². The second-order valence-electron chi connectivity index (χ2n) is 4.24. The third-order valence-electron chi connectivity index (χ3n) is 2.53. The van der Waals surface area contributed by atoms with E-state index in [2.05, 4.69) is 10.3 Å². The largest absolute Gasteiger partial charge is 0.480 e. The Morgan fingerprint density at radius 3 is 2.50 bits per heavy atom. The molecule has 0 heterocycles. The zero-order valence-corrected chi connectivity index (χ0v) is 12.4. The van der Waals surface area contributed by atoms with E-state index in [1.54, 1.807) is 11.8 Å². The number of carboxylic acids is 1. The first kappa shape index (κ1) is 18.5. The van der Waals surface area contributed by atoms with Gasteiger partial charge in [0, 0.05) is 6.54 Å². The van der Waals surface area contributed by atoms with Crippen LogP contribution in [0.1, 0.15) is 19.3 Å². The first-order valence-corrected chi connectivity index (χ1v) is 7.61. The molecule has 0 aromatic carbocycles. The van der Waals surface area contributed by atoms with Crippen molar-refractivity contribution in [2.75, 3.05) is 18.6 Å². The number of hydrogen-bond acceptors (Lipinski definition) is 5. The Kier molecular flexibility index (Phi) is 9.56. The van der Waals surface area contributed by atoms with Crippen LogP contribution in [0.25, 0.3) is 0 Å². The summed E-state index contributed by atoms with van der Waals surface area (Å²) in [4.78, 5) is 26.5. The summed E-state index contributed by atoms with van der Waals surface area (Å²) in [6.07, 6.45) is 3.12. The zero-order valence-electron chi connectivity index (χ0n) is 11.5. The van der Waals surface area contributed by atoms with Crippen LogP contribution in [0, 0.1) is 0 Å². The molecule has 2 unspecified atom stereocenters. The fourth-order valence-electron chi connectivity index (χ4n) is 1.42. The number of carbonyl (C=O) groups excluding carboxylic acids is 1. The number of carbonyl (C=O) groups is 2. The van der Waals surface area contributed by atoms with Gasteiger partial charge in [-0.15, -0.1) is 0 Å². The molecule has 0 fully saturated rings. The van der Waals surface area contributed by atoms with E-state index in [1.807, 2.05) is 6.26 Å². The molecule has 9 heteroatoms. The van der Waals surface area contributed by atoms with Gasteiger partial charge in [-0.2, -0.15) is 11.8 Å². The number of amides is 1. The van der Waals surface area contributed by atoms with Crippen LogP contribution in [-0.4, -0.2) is 53.6 Å². The topological polar surface area (TPSA) is 157 Å². The predicted octanol–water partition coefficient (Wildman–Crippen LogP) is -1.31. The number of carboxylic acid groups (broad SMARTS) is 1. The van der Waals surface area contributed by atoms with Crippen LogP contribution in [0.2, 0.25) is 0 Å². The normalized spacial score (nSPS) is 13.3. The van der Waals surface area contributed by atoms with Crippen LogP contribution < -0.4 is 22.5 Å². The van der Waals surface area contributed by atoms with Crippen molar-refractivity contribution in [3.63, 3.8) is 0 Å². The van der Waals surface area contributed by atoms with Crippen LogP contribution in [0.5, 0.6) is 0 Å². The Morgan fingerprint density at radius 1 is 1.35 bits per heavy atom. The molecule has 0 aromatic heterocycles. The molecule has 0 aliphatic heterocycles. The molecule has 0 radical (unpaired) electrons. The molecule has 2 atom stereocenters. The van der Waals surface area contributed by atoms with Crippen LogP contribution in [0.4, 0.5) is 0 Å². The summed E-state index contributed by atoms with van der Waals surface area (Å²) >= 11 is 1.58. The Morgan fingerprint density at radius 2 is 2.00 bits per heavy atom. The summed E-state index contributed by atoms with van der Waals surface area (Å²) < 4.78 is 0. The van der Waals surface area contributed by atoms with E-state index in [0.29, 0.717) is 19.4 Å². The van der Waals surface area contributed by atoms with Crippen molar-refractivity contribution in [1.29, 1.82) is 0 Å². The lowest BCUT2D eigenvalue weighted by Crippen LogP contribution is -2.48. The minimum absolute atomic E-state index is 0.0417. The minimum Gasteiger partial charge on any atom is -0.480 e. The molecule has 0 saturated heterocycles. The van der Waals surface area contributed by atoms with Gasteiger partial charge in [0.15, 0.2) is 5.96 Å². The second-order valence-corrected chi connectivity index (χ2v) is 5.22. The lowest BCUT2D eigenvalue weighted by atomic mass is 10.1. The molecule has 8 nitrogen and oxygen atoms in total. The van der Waals surface area contributed by atoms with Gasteiger partial charge in [-0.25, -0.2) is 4.79 Å². The lowest BCUT2D eigenvalue weighted by Gasteiger charge is -2.17. The van der Waals surface area contributed by atoms with Crippen molar-refractivity contribution in [1.82, 2.24) is 5.32 Å². The van der Waals surface area contributed by atoms with Crippen molar-refractivity contribution >= 4 is 29.6 Å². The lowest BCUT2D eigenvalue weighted by molar-refractivity contribution is -0.142. The maximum atomic E-state index is 11.7. The van der Waals surface area contributed by atoms with Gasteiger partial charge >= 0.3 is 5.97 Å². The van der Waals surface area contributed by atoms with E-state index in [-0.39, 0.29) is 12.4 Å². The van der Waals surface area contributed by atoms with E-state index in [1.165, 1.54) is 0 Å². The second kappa shape index (κ2) is 10.3. The Bertz CT molecular complexity index is 347. The van der Waals surface area contributed by atoms with Gasteiger partial charge < -0.3 is 27.6 Å². The van der Waals surface area contributed by atoms with Crippen molar-refractivity contribution in [3.8, 4) is 0 Å². The van der Waals surface area contributed by atoms with Crippen LogP contribution in [0.15, 0.2) is 4.99 Å². The Hall–Kier alpha value is -1.48. The fraction of sp³-hybridized carbons (Fsp3) is 0.727. The molecular formula is C11H23N5O3S. The number of thioether (sulfide) groups is 1. The van der Waals surface area contributed by atoms with Gasteiger partial charge in [0.2, 0.25) is 5.91 Å². The fourth-order valence-corrected chi connectivity index (χ4v) is 1.91. The van der Waals surface area contributed by atoms with Gasteiger partial charge in [-0.3, -0.25) is 9.79 Å². The SMILES string of the molecule is CSCCC(N)C(=O)NC(CCCN=C(N)N)C(=O)O. The quantitative estimate of drug-likeness (QED) is 0.190. The third-order valence-corrected chi connectivity index (χ3v) is 3.17. The van der Waals surface area contributed by atoms with Gasteiger partial charge in [0.05, 0.1) is 6.04 Å². The summed E-state index contributed by atoms with van der Waals surface area (Å²) in [5, 5.41) is 11.5. The minimum atomic E-state index is -1.10. The number of guanidine groups is 1. The number of nitrogens with zero attached hydrogens (tertiary/aromatic N) is 1. The van der Waals surface area contributed by atoms with Crippen LogP contribution in [-0.2, 0) is 9.59 Å². The van der Waals surface area contributed by atoms with E-state index >= 15 is 0 Å². The number of nitrogens with one attached hydrogen (secondary N) is 1. The molecule has 0 spiro atoms. The molecule has 20 heavy (non-hydrogen) atoms. The maximum absolute atomic E-state index is 11.7. The Balaban J connectivity index is 4.22. The van der Waals surface area contributed by atoms with E-state index in [0.717, 1.165) is 5.75 Å². The summed E-state index contributed by atoms with van der Waals surface area (Å²) in [5.41, 5.74) is 16.0.